The summed E-state index contributed by atoms with van der Waals surface area (Å²) in [6.45, 7) is 3.42. The van der Waals surface area contributed by atoms with E-state index in [2.05, 4.69) is 29.2 Å². The number of ether oxygens (including phenoxy) is 2. The lowest BCUT2D eigenvalue weighted by atomic mass is 9.88. The van der Waals surface area contributed by atoms with Crippen molar-refractivity contribution in [2.45, 2.75) is 50.5 Å². The van der Waals surface area contributed by atoms with Crippen molar-refractivity contribution in [3.63, 3.8) is 0 Å². The van der Waals surface area contributed by atoms with E-state index in [4.69, 9.17) is 14.7 Å². The predicted octanol–water partition coefficient (Wildman–Crippen LogP) is 6.19. The van der Waals surface area contributed by atoms with Gasteiger partial charge in [-0.05, 0) is 73.4 Å². The van der Waals surface area contributed by atoms with Crippen molar-refractivity contribution in [3.05, 3.63) is 59.2 Å². The van der Waals surface area contributed by atoms with Crippen molar-refractivity contribution in [3.8, 4) is 6.07 Å². The lowest BCUT2D eigenvalue weighted by molar-refractivity contribution is -0.137. The fourth-order valence-corrected chi connectivity index (χ4v) is 5.48. The molecule has 0 saturated carbocycles. The van der Waals surface area contributed by atoms with Crippen LogP contribution in [0.2, 0.25) is 0 Å². The molecule has 0 atom stereocenters. The number of piperidine rings is 2. The van der Waals surface area contributed by atoms with Crippen LogP contribution in [0.3, 0.4) is 0 Å². The number of nitriles is 1. The van der Waals surface area contributed by atoms with Crippen LogP contribution in [0.25, 0.3) is 0 Å². The Kier molecular flexibility index (Phi) is 8.43. The number of hydrogen-bond donors (Lipinski definition) is 0. The summed E-state index contributed by atoms with van der Waals surface area (Å²) in [5, 5.41) is 9.03. The molecule has 2 aliphatic rings. The van der Waals surface area contributed by atoms with Crippen LogP contribution in [0.1, 0.15) is 54.7 Å². The highest BCUT2D eigenvalue weighted by Crippen LogP contribution is 2.37. The second-order valence-corrected chi connectivity index (χ2v) is 9.76. The fraction of sp³-hybridized carbons (Fsp3) is 0.536. The highest BCUT2D eigenvalue weighted by atomic mass is 19.4. The Morgan fingerprint density at radius 3 is 2.00 bits per heavy atom. The Bertz CT molecular complexity index is 1030. The molecule has 0 aromatic heterocycles. The zero-order valence-electron chi connectivity index (χ0n) is 20.9. The van der Waals surface area contributed by atoms with Gasteiger partial charge in [-0.3, -0.25) is 0 Å². The topological polar surface area (TPSA) is 48.7 Å². The summed E-state index contributed by atoms with van der Waals surface area (Å²) in [7, 11) is 3.37. The molecule has 0 unspecified atom stereocenters. The van der Waals surface area contributed by atoms with Gasteiger partial charge in [0.2, 0.25) is 0 Å². The van der Waals surface area contributed by atoms with E-state index in [0.29, 0.717) is 30.6 Å². The van der Waals surface area contributed by atoms with Gasteiger partial charge in [-0.25, -0.2) is 0 Å². The molecule has 0 bridgehead atoms. The summed E-state index contributed by atoms with van der Waals surface area (Å²) < 4.78 is 50.7. The first kappa shape index (κ1) is 26.3. The summed E-state index contributed by atoms with van der Waals surface area (Å²) in [6, 6.07) is 14.5. The van der Waals surface area contributed by atoms with E-state index in [-0.39, 0.29) is 11.9 Å². The van der Waals surface area contributed by atoms with E-state index < -0.39 is 11.7 Å². The van der Waals surface area contributed by atoms with Gasteiger partial charge >= 0.3 is 6.18 Å². The molecule has 0 aliphatic carbocycles. The van der Waals surface area contributed by atoms with E-state index in [1.807, 2.05) is 4.90 Å². The molecular weight excluding hydrogens is 467 g/mol. The minimum Gasteiger partial charge on any atom is -0.372 e. The molecule has 194 valence electrons. The highest BCUT2D eigenvalue weighted by Gasteiger charge is 2.34. The average molecular weight is 502 g/mol. The molecule has 4 rings (SSSR count). The van der Waals surface area contributed by atoms with Gasteiger partial charge in [0, 0.05) is 58.2 Å². The molecule has 0 N–H and O–H groups in total. The van der Waals surface area contributed by atoms with Crippen LogP contribution >= 0.6 is 0 Å². The maximum absolute atomic E-state index is 13.3. The Morgan fingerprint density at radius 2 is 1.44 bits per heavy atom. The molecule has 0 radical (unpaired) electrons. The Morgan fingerprint density at radius 1 is 0.889 bits per heavy atom. The number of halogens is 3. The smallest absolute Gasteiger partial charge is 0.372 e. The number of methoxy groups -OCH3 is 2. The van der Waals surface area contributed by atoms with Crippen LogP contribution in [0.4, 0.5) is 24.5 Å². The van der Waals surface area contributed by atoms with Crippen molar-refractivity contribution in [1.29, 1.82) is 5.26 Å². The first-order valence-corrected chi connectivity index (χ1v) is 12.6. The van der Waals surface area contributed by atoms with Gasteiger partial charge in [0.1, 0.15) is 0 Å². The van der Waals surface area contributed by atoms with Gasteiger partial charge in [0.05, 0.1) is 17.2 Å². The Balaban J connectivity index is 1.31. The molecule has 0 amide bonds. The van der Waals surface area contributed by atoms with Crippen LogP contribution in [-0.4, -0.2) is 46.7 Å². The first-order chi connectivity index (χ1) is 17.3. The molecular formula is C28H34F3N3O2. The third-order valence-corrected chi connectivity index (χ3v) is 7.68. The molecule has 2 heterocycles. The molecule has 2 aromatic carbocycles. The maximum Gasteiger partial charge on any atom is 0.417 e. The van der Waals surface area contributed by atoms with Crippen LogP contribution in [0.5, 0.6) is 0 Å². The number of alkyl halides is 3. The lowest BCUT2D eigenvalue weighted by Crippen LogP contribution is -2.35. The Labute approximate surface area is 211 Å². The average Bonchev–Trinajstić information content (AvgIpc) is 2.91. The van der Waals surface area contributed by atoms with E-state index in [0.717, 1.165) is 51.3 Å². The van der Waals surface area contributed by atoms with Gasteiger partial charge in [0.25, 0.3) is 0 Å². The number of nitrogens with zero attached hydrogens (tertiary/aromatic N) is 3. The van der Waals surface area contributed by atoms with Crippen molar-refractivity contribution in [1.82, 2.24) is 0 Å². The fourth-order valence-electron chi connectivity index (χ4n) is 5.48. The SMILES string of the molecule is COC(CC1CCN(c2ccc(C3CCN(c4ccc(C#N)c(C(F)(F)F)c4)CC3)cc2)CC1)OC. The second-order valence-electron chi connectivity index (χ2n) is 9.76. The van der Waals surface area contributed by atoms with Crippen LogP contribution in [0, 0.1) is 17.2 Å². The summed E-state index contributed by atoms with van der Waals surface area (Å²) in [5.74, 6) is 1.00. The van der Waals surface area contributed by atoms with E-state index in [1.165, 1.54) is 17.3 Å². The standard InChI is InChI=1S/C28H34F3N3O2/c1-35-27(36-2)17-20-9-13-33(14-10-20)24-6-3-21(4-7-24)22-11-15-34(16-12-22)25-8-5-23(19-32)26(18-25)28(29,30)31/h3-8,18,20,22,27H,9-17H2,1-2H3. The summed E-state index contributed by atoms with van der Waals surface area (Å²) in [4.78, 5) is 4.42. The second kappa shape index (κ2) is 11.5. The van der Waals surface area contributed by atoms with Crippen molar-refractivity contribution in [2.75, 3.05) is 50.2 Å². The largest absolute Gasteiger partial charge is 0.417 e. The minimum absolute atomic E-state index is 0.129. The van der Waals surface area contributed by atoms with Crippen LogP contribution in [0.15, 0.2) is 42.5 Å². The monoisotopic (exact) mass is 501 g/mol. The third kappa shape index (κ3) is 6.13. The number of benzene rings is 2. The van der Waals surface area contributed by atoms with E-state index in [9.17, 15) is 13.2 Å². The summed E-state index contributed by atoms with van der Waals surface area (Å²) in [6.07, 6.45) is 0.267. The quantitative estimate of drug-likeness (QED) is 0.424. The van der Waals surface area contributed by atoms with Gasteiger partial charge in [0.15, 0.2) is 6.29 Å². The molecule has 2 fully saturated rings. The molecule has 2 aliphatic heterocycles. The zero-order valence-corrected chi connectivity index (χ0v) is 20.9. The van der Waals surface area contributed by atoms with Crippen LogP contribution in [-0.2, 0) is 15.7 Å². The molecule has 2 saturated heterocycles. The maximum atomic E-state index is 13.3. The zero-order chi connectivity index (χ0) is 25.7. The first-order valence-electron chi connectivity index (χ1n) is 12.6. The van der Waals surface area contributed by atoms with Crippen LogP contribution < -0.4 is 9.80 Å². The van der Waals surface area contributed by atoms with Gasteiger partial charge in [-0.2, -0.15) is 18.4 Å². The molecule has 36 heavy (non-hydrogen) atoms. The predicted molar refractivity (Wildman–Crippen MR) is 134 cm³/mol. The normalized spacial score (nSPS) is 18.0. The van der Waals surface area contributed by atoms with Crippen molar-refractivity contribution < 1.29 is 22.6 Å². The number of hydrogen-bond acceptors (Lipinski definition) is 5. The summed E-state index contributed by atoms with van der Waals surface area (Å²) >= 11 is 0. The van der Waals surface area contributed by atoms with Gasteiger partial charge in [-0.1, -0.05) is 12.1 Å². The number of anilines is 2. The van der Waals surface area contributed by atoms with Crippen molar-refractivity contribution >= 4 is 11.4 Å². The summed E-state index contributed by atoms with van der Waals surface area (Å²) in [5.41, 5.74) is 1.86. The number of rotatable bonds is 7. The Hall–Kier alpha value is -2.76. The molecule has 2 aromatic rings. The van der Waals surface area contributed by atoms with Crippen molar-refractivity contribution in [2.24, 2.45) is 5.92 Å². The minimum atomic E-state index is -4.54. The van der Waals surface area contributed by atoms with E-state index in [1.54, 1.807) is 26.4 Å². The molecule has 0 spiro atoms. The third-order valence-electron chi connectivity index (χ3n) is 7.68. The molecule has 5 nitrogen and oxygen atoms in total. The van der Waals surface area contributed by atoms with Gasteiger partial charge in [-0.15, -0.1) is 0 Å². The van der Waals surface area contributed by atoms with E-state index >= 15 is 0 Å². The lowest BCUT2D eigenvalue weighted by Gasteiger charge is -2.35. The highest BCUT2D eigenvalue weighted by molar-refractivity contribution is 5.55. The molecule has 8 heteroatoms. The van der Waals surface area contributed by atoms with Gasteiger partial charge < -0.3 is 19.3 Å².